The first-order chi connectivity index (χ1) is 17.6. The molecule has 1 aliphatic carbocycles. The molecule has 2 heterocycles. The summed E-state index contributed by atoms with van der Waals surface area (Å²) in [6.07, 6.45) is 18.7. The summed E-state index contributed by atoms with van der Waals surface area (Å²) in [5.74, 6) is -0.654. The van der Waals surface area contributed by atoms with Crippen molar-refractivity contribution in [3.05, 3.63) is 29.3 Å². The Balaban J connectivity index is 1.15. The van der Waals surface area contributed by atoms with Gasteiger partial charge in [0.25, 0.3) is 11.8 Å². The maximum absolute atomic E-state index is 13.1. The number of benzene rings is 1. The summed E-state index contributed by atoms with van der Waals surface area (Å²) < 4.78 is 5.92. The number of amides is 4. The van der Waals surface area contributed by atoms with E-state index in [4.69, 9.17) is 4.74 Å². The van der Waals surface area contributed by atoms with E-state index in [9.17, 15) is 19.2 Å². The predicted molar refractivity (Wildman–Crippen MR) is 137 cm³/mol. The molecule has 4 amide bonds. The van der Waals surface area contributed by atoms with Crippen LogP contribution in [0.3, 0.4) is 0 Å². The molecule has 3 aliphatic rings. The zero-order chi connectivity index (χ0) is 25.3. The average molecular weight is 497 g/mol. The van der Waals surface area contributed by atoms with Crippen molar-refractivity contribution in [1.29, 1.82) is 0 Å². The van der Waals surface area contributed by atoms with Gasteiger partial charge in [-0.05, 0) is 30.9 Å². The number of fused-ring (bicyclic) bond motifs is 1. The van der Waals surface area contributed by atoms with Gasteiger partial charge in [-0.3, -0.25) is 29.4 Å². The van der Waals surface area contributed by atoms with E-state index in [-0.39, 0.29) is 29.9 Å². The van der Waals surface area contributed by atoms with Crippen LogP contribution in [0.15, 0.2) is 18.2 Å². The molecular weight excluding hydrogens is 456 g/mol. The molecule has 1 atom stereocenters. The van der Waals surface area contributed by atoms with E-state index in [1.165, 1.54) is 77.0 Å². The highest BCUT2D eigenvalue weighted by Gasteiger charge is 2.45. The van der Waals surface area contributed by atoms with Crippen LogP contribution >= 0.6 is 0 Å². The Morgan fingerprint density at radius 1 is 0.806 bits per heavy atom. The molecule has 1 unspecified atom stereocenters. The van der Waals surface area contributed by atoms with Gasteiger partial charge in [0.1, 0.15) is 11.8 Å². The standard InChI is InChI=1S/C29H40N2O5/c32-25-19-18-23(27(33)30-25)31-28(34)22-16-12-17-24(26(22)29(31)35)36-20-11-7-3-1-2-4-8-13-21-14-9-5-6-10-15-21/h12,16-17,21,23H,1-11,13-15,18-20H2,(H,30,32,33). The number of nitrogens with zero attached hydrogens (tertiary/aromatic N) is 1. The van der Waals surface area contributed by atoms with E-state index < -0.39 is 23.8 Å². The summed E-state index contributed by atoms with van der Waals surface area (Å²) in [7, 11) is 0. The van der Waals surface area contributed by atoms with E-state index in [1.54, 1.807) is 18.2 Å². The Labute approximate surface area is 214 Å². The van der Waals surface area contributed by atoms with Crippen LogP contribution < -0.4 is 10.1 Å². The molecule has 0 aromatic heterocycles. The Bertz CT molecular complexity index is 951. The first-order valence-electron chi connectivity index (χ1n) is 14.0. The second kappa shape index (κ2) is 13.0. The van der Waals surface area contributed by atoms with Crippen molar-refractivity contribution in [3.63, 3.8) is 0 Å². The van der Waals surface area contributed by atoms with Crippen LogP contribution in [0, 0.1) is 5.92 Å². The molecule has 0 radical (unpaired) electrons. The molecule has 1 N–H and O–H groups in total. The van der Waals surface area contributed by atoms with Crippen LogP contribution in [0.4, 0.5) is 0 Å². The summed E-state index contributed by atoms with van der Waals surface area (Å²) in [5.41, 5.74) is 0.479. The molecule has 1 saturated heterocycles. The topological polar surface area (TPSA) is 92.8 Å². The number of ether oxygens (including phenoxy) is 1. The van der Waals surface area contributed by atoms with Gasteiger partial charge in [-0.15, -0.1) is 0 Å². The highest BCUT2D eigenvalue weighted by molar-refractivity contribution is 6.24. The minimum atomic E-state index is -0.963. The number of carbonyl (C=O) groups is 4. The first kappa shape index (κ1) is 26.4. The van der Waals surface area contributed by atoms with Crippen molar-refractivity contribution in [2.24, 2.45) is 5.92 Å². The molecule has 196 valence electrons. The van der Waals surface area contributed by atoms with Gasteiger partial charge in [-0.1, -0.05) is 89.5 Å². The fourth-order valence-corrected chi connectivity index (χ4v) is 5.86. The smallest absolute Gasteiger partial charge is 0.266 e. The molecule has 7 heteroatoms. The number of unbranched alkanes of at least 4 members (excludes halogenated alkanes) is 6. The highest BCUT2D eigenvalue weighted by Crippen LogP contribution is 2.34. The largest absolute Gasteiger partial charge is 0.493 e. The van der Waals surface area contributed by atoms with Gasteiger partial charge in [0.2, 0.25) is 11.8 Å². The number of hydrogen-bond donors (Lipinski definition) is 1. The fraction of sp³-hybridized carbons (Fsp3) is 0.655. The Kier molecular flexibility index (Phi) is 9.54. The van der Waals surface area contributed by atoms with Gasteiger partial charge in [-0.25, -0.2) is 0 Å². The van der Waals surface area contributed by atoms with E-state index >= 15 is 0 Å². The predicted octanol–water partition coefficient (Wildman–Crippen LogP) is 5.56. The number of rotatable bonds is 12. The van der Waals surface area contributed by atoms with Crippen LogP contribution in [-0.2, 0) is 9.59 Å². The molecule has 1 aromatic rings. The molecular formula is C29H40N2O5. The van der Waals surface area contributed by atoms with Crippen molar-refractivity contribution in [1.82, 2.24) is 10.2 Å². The lowest BCUT2D eigenvalue weighted by molar-refractivity contribution is -0.136. The third-order valence-corrected chi connectivity index (χ3v) is 7.92. The van der Waals surface area contributed by atoms with Crippen molar-refractivity contribution >= 4 is 23.6 Å². The van der Waals surface area contributed by atoms with Crippen LogP contribution in [0.2, 0.25) is 0 Å². The minimum Gasteiger partial charge on any atom is -0.493 e. The molecule has 7 nitrogen and oxygen atoms in total. The first-order valence-corrected chi connectivity index (χ1v) is 14.0. The van der Waals surface area contributed by atoms with Gasteiger partial charge in [0.15, 0.2) is 0 Å². The molecule has 2 aliphatic heterocycles. The van der Waals surface area contributed by atoms with Gasteiger partial charge >= 0.3 is 0 Å². The van der Waals surface area contributed by atoms with Crippen LogP contribution in [-0.4, -0.2) is 41.2 Å². The third kappa shape index (κ3) is 6.54. The van der Waals surface area contributed by atoms with Crippen molar-refractivity contribution in [2.45, 2.75) is 109 Å². The minimum absolute atomic E-state index is 0.105. The average Bonchev–Trinajstić information content (AvgIpc) is 3.02. The second-order valence-corrected chi connectivity index (χ2v) is 10.6. The lowest BCUT2D eigenvalue weighted by Gasteiger charge is -2.27. The molecule has 2 fully saturated rings. The van der Waals surface area contributed by atoms with Crippen molar-refractivity contribution in [3.8, 4) is 5.75 Å². The maximum atomic E-state index is 13.1. The molecule has 4 rings (SSSR count). The van der Waals surface area contributed by atoms with E-state index in [0.29, 0.717) is 12.4 Å². The number of piperidine rings is 1. The summed E-state index contributed by atoms with van der Waals surface area (Å²) in [4.78, 5) is 50.7. The van der Waals surface area contributed by atoms with Crippen LogP contribution in [0.5, 0.6) is 5.75 Å². The third-order valence-electron chi connectivity index (χ3n) is 7.92. The van der Waals surface area contributed by atoms with Gasteiger partial charge in [0, 0.05) is 6.42 Å². The van der Waals surface area contributed by atoms with Gasteiger partial charge in [-0.2, -0.15) is 0 Å². The van der Waals surface area contributed by atoms with Crippen LogP contribution in [0.25, 0.3) is 0 Å². The van der Waals surface area contributed by atoms with E-state index in [1.807, 2.05) is 0 Å². The number of imide groups is 2. The summed E-state index contributed by atoms with van der Waals surface area (Å²) >= 11 is 0. The zero-order valence-corrected chi connectivity index (χ0v) is 21.4. The molecule has 0 spiro atoms. The number of nitrogens with one attached hydrogen (secondary N) is 1. The lowest BCUT2D eigenvalue weighted by Crippen LogP contribution is -2.54. The Hall–Kier alpha value is -2.70. The summed E-state index contributed by atoms with van der Waals surface area (Å²) in [6.45, 7) is 0.484. The van der Waals surface area contributed by atoms with Gasteiger partial charge in [0.05, 0.1) is 17.7 Å². The summed E-state index contributed by atoms with van der Waals surface area (Å²) in [6, 6.07) is 4.02. The molecule has 36 heavy (non-hydrogen) atoms. The monoisotopic (exact) mass is 496 g/mol. The van der Waals surface area contributed by atoms with Crippen molar-refractivity contribution < 1.29 is 23.9 Å². The molecule has 1 saturated carbocycles. The quantitative estimate of drug-likeness (QED) is 0.232. The van der Waals surface area contributed by atoms with Crippen molar-refractivity contribution in [2.75, 3.05) is 6.61 Å². The molecule has 0 bridgehead atoms. The fourth-order valence-electron chi connectivity index (χ4n) is 5.86. The normalized spacial score (nSPS) is 20.9. The SMILES string of the molecule is O=C1CCC(N2C(=O)c3cccc(OCCCCCCCCCC4CCCCCC4)c3C2=O)C(=O)N1. The Morgan fingerprint density at radius 3 is 2.22 bits per heavy atom. The summed E-state index contributed by atoms with van der Waals surface area (Å²) in [5, 5.41) is 2.22. The van der Waals surface area contributed by atoms with Crippen LogP contribution in [0.1, 0.15) is 123 Å². The van der Waals surface area contributed by atoms with E-state index in [0.717, 1.165) is 23.7 Å². The molecule has 1 aromatic carbocycles. The number of carbonyl (C=O) groups excluding carboxylic acids is 4. The Morgan fingerprint density at radius 2 is 1.50 bits per heavy atom. The highest BCUT2D eigenvalue weighted by atomic mass is 16.5. The number of hydrogen-bond acceptors (Lipinski definition) is 5. The van der Waals surface area contributed by atoms with E-state index in [2.05, 4.69) is 5.32 Å². The second-order valence-electron chi connectivity index (χ2n) is 10.6. The lowest BCUT2D eigenvalue weighted by atomic mass is 9.93. The zero-order valence-electron chi connectivity index (χ0n) is 21.4. The maximum Gasteiger partial charge on any atom is 0.266 e. The van der Waals surface area contributed by atoms with Gasteiger partial charge < -0.3 is 4.74 Å².